The molecular weight excluding hydrogens is 378 g/mol. The second-order valence-electron chi connectivity index (χ2n) is 6.28. The van der Waals surface area contributed by atoms with Crippen molar-refractivity contribution in [2.24, 2.45) is 0 Å². The van der Waals surface area contributed by atoms with Gasteiger partial charge in [0.1, 0.15) is 5.69 Å². The number of hydrogen-bond donors (Lipinski definition) is 0. The van der Waals surface area contributed by atoms with Crippen molar-refractivity contribution in [3.05, 3.63) is 104 Å². The van der Waals surface area contributed by atoms with E-state index in [0.717, 1.165) is 5.56 Å². The molecule has 28 heavy (non-hydrogen) atoms. The number of hydrogen-bond acceptors (Lipinski definition) is 4. The molecule has 0 amide bonds. The molecule has 1 heterocycles. The van der Waals surface area contributed by atoms with Crippen molar-refractivity contribution >= 4 is 28.3 Å². The van der Waals surface area contributed by atoms with Crippen LogP contribution in [0.3, 0.4) is 0 Å². The maximum Gasteiger partial charge on any atom is 0.277 e. The molecule has 0 radical (unpaired) electrons. The zero-order chi connectivity index (χ0) is 19.7. The van der Waals surface area contributed by atoms with Gasteiger partial charge in [-0.15, -0.1) is 0 Å². The number of benzene rings is 3. The lowest BCUT2D eigenvalue weighted by atomic mass is 10.1. The van der Waals surface area contributed by atoms with E-state index in [0.29, 0.717) is 28.2 Å². The van der Waals surface area contributed by atoms with Crippen LogP contribution in [0.4, 0.5) is 5.69 Å². The standard InChI is InChI=1S/C21H14ClN3O3/c22-16-9-10-18-19(12-16)24(13-14-5-2-1-3-6-14)21(26)20(23-18)15-7-4-8-17(11-15)25(27)28/h1-12H,13H2. The molecule has 0 saturated heterocycles. The van der Waals surface area contributed by atoms with E-state index < -0.39 is 4.92 Å². The third kappa shape index (κ3) is 3.37. The van der Waals surface area contributed by atoms with Gasteiger partial charge in [0.25, 0.3) is 11.2 Å². The molecule has 6 nitrogen and oxygen atoms in total. The molecule has 7 heteroatoms. The molecule has 0 fully saturated rings. The third-order valence-electron chi connectivity index (χ3n) is 4.42. The van der Waals surface area contributed by atoms with E-state index >= 15 is 0 Å². The van der Waals surface area contributed by atoms with Crippen LogP contribution in [0.5, 0.6) is 0 Å². The lowest BCUT2D eigenvalue weighted by Gasteiger charge is -2.13. The zero-order valence-corrected chi connectivity index (χ0v) is 15.3. The number of fused-ring (bicyclic) bond motifs is 1. The minimum absolute atomic E-state index is 0.0930. The van der Waals surface area contributed by atoms with E-state index in [-0.39, 0.29) is 16.9 Å². The number of nitrogens with zero attached hydrogens (tertiary/aromatic N) is 3. The first-order valence-corrected chi connectivity index (χ1v) is 8.89. The highest BCUT2D eigenvalue weighted by molar-refractivity contribution is 6.31. The van der Waals surface area contributed by atoms with Gasteiger partial charge in [0, 0.05) is 22.7 Å². The maximum atomic E-state index is 13.3. The fraction of sp³-hybridized carbons (Fsp3) is 0.0476. The average Bonchev–Trinajstić information content (AvgIpc) is 2.71. The smallest absolute Gasteiger partial charge is 0.277 e. The Morgan fingerprint density at radius 3 is 2.54 bits per heavy atom. The summed E-state index contributed by atoms with van der Waals surface area (Å²) in [5.74, 6) is 0. The van der Waals surface area contributed by atoms with Crippen molar-refractivity contribution in [1.29, 1.82) is 0 Å². The first kappa shape index (κ1) is 17.9. The molecule has 0 aliphatic heterocycles. The first-order chi connectivity index (χ1) is 13.5. The molecule has 3 aromatic carbocycles. The number of rotatable bonds is 4. The van der Waals surface area contributed by atoms with Gasteiger partial charge >= 0.3 is 0 Å². The summed E-state index contributed by atoms with van der Waals surface area (Å²) in [6.45, 7) is 0.334. The van der Waals surface area contributed by atoms with Crippen LogP contribution in [0.2, 0.25) is 5.02 Å². The minimum atomic E-state index is -0.493. The molecule has 4 rings (SSSR count). The van der Waals surface area contributed by atoms with Crippen LogP contribution in [0.1, 0.15) is 5.56 Å². The second kappa shape index (κ2) is 7.25. The predicted molar refractivity (Wildman–Crippen MR) is 109 cm³/mol. The summed E-state index contributed by atoms with van der Waals surface area (Å²) in [5, 5.41) is 11.6. The minimum Gasteiger partial charge on any atom is -0.300 e. The normalized spacial score (nSPS) is 10.9. The van der Waals surface area contributed by atoms with E-state index in [1.54, 1.807) is 34.9 Å². The number of halogens is 1. The van der Waals surface area contributed by atoms with Crippen molar-refractivity contribution in [2.75, 3.05) is 0 Å². The van der Waals surface area contributed by atoms with Gasteiger partial charge in [0.05, 0.1) is 22.5 Å². The van der Waals surface area contributed by atoms with Crippen LogP contribution in [0.15, 0.2) is 77.6 Å². The number of non-ortho nitro benzene ring substituents is 1. The molecule has 0 spiro atoms. The Labute approximate surface area is 164 Å². The SMILES string of the molecule is O=c1c(-c2cccc([N+](=O)[O-])c2)nc2ccc(Cl)cc2n1Cc1ccccc1. The van der Waals surface area contributed by atoms with Crippen molar-refractivity contribution in [3.63, 3.8) is 0 Å². The average molecular weight is 392 g/mol. The predicted octanol–water partition coefficient (Wildman–Crippen LogP) is 4.67. The lowest BCUT2D eigenvalue weighted by molar-refractivity contribution is -0.384. The first-order valence-electron chi connectivity index (χ1n) is 8.52. The Morgan fingerprint density at radius 1 is 1.00 bits per heavy atom. The highest BCUT2D eigenvalue weighted by Crippen LogP contribution is 2.24. The highest BCUT2D eigenvalue weighted by Gasteiger charge is 2.16. The molecular formula is C21H14ClN3O3. The fourth-order valence-corrected chi connectivity index (χ4v) is 3.26. The van der Waals surface area contributed by atoms with Gasteiger partial charge in [-0.25, -0.2) is 4.98 Å². The Balaban J connectivity index is 1.97. The van der Waals surface area contributed by atoms with Crippen LogP contribution >= 0.6 is 11.6 Å². The van der Waals surface area contributed by atoms with E-state index in [2.05, 4.69) is 4.98 Å². The van der Waals surface area contributed by atoms with Crippen LogP contribution in [0, 0.1) is 10.1 Å². The Morgan fingerprint density at radius 2 is 1.79 bits per heavy atom. The van der Waals surface area contributed by atoms with Gasteiger partial charge in [0.2, 0.25) is 0 Å². The van der Waals surface area contributed by atoms with Gasteiger partial charge in [-0.3, -0.25) is 14.9 Å². The maximum absolute atomic E-state index is 13.3. The van der Waals surface area contributed by atoms with Crippen molar-refractivity contribution in [2.45, 2.75) is 6.54 Å². The Bertz CT molecular complexity index is 1250. The summed E-state index contributed by atoms with van der Waals surface area (Å²) in [6, 6.07) is 20.6. The summed E-state index contributed by atoms with van der Waals surface area (Å²) in [6.07, 6.45) is 0. The summed E-state index contributed by atoms with van der Waals surface area (Å²) >= 11 is 6.14. The Hall–Kier alpha value is -3.51. The number of nitro benzene ring substituents is 1. The number of aromatic nitrogens is 2. The lowest BCUT2D eigenvalue weighted by Crippen LogP contribution is -2.24. The highest BCUT2D eigenvalue weighted by atomic mass is 35.5. The van der Waals surface area contributed by atoms with Gasteiger partial charge in [-0.05, 0) is 23.8 Å². The van der Waals surface area contributed by atoms with Crippen LogP contribution in [-0.4, -0.2) is 14.5 Å². The van der Waals surface area contributed by atoms with E-state index in [4.69, 9.17) is 11.6 Å². The van der Waals surface area contributed by atoms with E-state index in [1.165, 1.54) is 12.1 Å². The van der Waals surface area contributed by atoms with Gasteiger partial charge in [-0.2, -0.15) is 0 Å². The van der Waals surface area contributed by atoms with E-state index in [1.807, 2.05) is 30.3 Å². The second-order valence-corrected chi connectivity index (χ2v) is 6.71. The molecule has 138 valence electrons. The topological polar surface area (TPSA) is 78.0 Å². The van der Waals surface area contributed by atoms with Crippen molar-refractivity contribution < 1.29 is 4.92 Å². The Kier molecular flexibility index (Phi) is 4.63. The summed E-state index contributed by atoms with van der Waals surface area (Å²) < 4.78 is 1.59. The quantitative estimate of drug-likeness (QED) is 0.374. The molecule has 0 aliphatic carbocycles. The molecule has 1 aromatic heterocycles. The van der Waals surface area contributed by atoms with Crippen LogP contribution < -0.4 is 5.56 Å². The van der Waals surface area contributed by atoms with Gasteiger partial charge < -0.3 is 4.57 Å². The van der Waals surface area contributed by atoms with E-state index in [9.17, 15) is 14.9 Å². The number of nitro groups is 1. The molecule has 0 aliphatic rings. The largest absolute Gasteiger partial charge is 0.300 e. The summed E-state index contributed by atoms with van der Waals surface area (Å²) in [4.78, 5) is 28.4. The molecule has 0 atom stereocenters. The molecule has 0 N–H and O–H groups in total. The monoisotopic (exact) mass is 391 g/mol. The zero-order valence-electron chi connectivity index (χ0n) is 14.6. The molecule has 0 bridgehead atoms. The fourth-order valence-electron chi connectivity index (χ4n) is 3.09. The summed E-state index contributed by atoms with van der Waals surface area (Å²) in [7, 11) is 0. The van der Waals surface area contributed by atoms with Crippen LogP contribution in [0.25, 0.3) is 22.3 Å². The van der Waals surface area contributed by atoms with Gasteiger partial charge in [-0.1, -0.05) is 54.1 Å². The van der Waals surface area contributed by atoms with Crippen molar-refractivity contribution in [3.8, 4) is 11.3 Å². The van der Waals surface area contributed by atoms with Crippen LogP contribution in [-0.2, 0) is 6.54 Å². The molecule has 0 unspecified atom stereocenters. The molecule has 4 aromatic rings. The third-order valence-corrected chi connectivity index (χ3v) is 4.66. The summed E-state index contributed by atoms with van der Waals surface area (Å²) in [5.41, 5.74) is 2.27. The van der Waals surface area contributed by atoms with Crippen molar-refractivity contribution in [1.82, 2.24) is 9.55 Å². The van der Waals surface area contributed by atoms with Gasteiger partial charge in [0.15, 0.2) is 0 Å². The molecule has 0 saturated carbocycles.